The van der Waals surface area contributed by atoms with Crippen molar-refractivity contribution in [1.82, 2.24) is 9.80 Å². The van der Waals surface area contributed by atoms with Gasteiger partial charge in [-0.15, -0.1) is 0 Å². The molecule has 5 rings (SSSR count). The molecular weight excluding hydrogens is 836 g/mol. The molecule has 1 fully saturated rings. The molecule has 0 bridgehead atoms. The minimum atomic E-state index is -4.50. The van der Waals surface area contributed by atoms with Gasteiger partial charge in [-0.3, -0.25) is 9.59 Å². The Morgan fingerprint density at radius 3 is 2.13 bits per heavy atom. The van der Waals surface area contributed by atoms with Crippen molar-refractivity contribution in [2.24, 2.45) is 0 Å². The predicted molar refractivity (Wildman–Crippen MR) is 208 cm³/mol. The molecule has 0 aromatic heterocycles. The van der Waals surface area contributed by atoms with E-state index in [0.717, 1.165) is 47.6 Å². The quantitative estimate of drug-likeness (QED) is 0.0282. The van der Waals surface area contributed by atoms with Crippen molar-refractivity contribution in [2.75, 3.05) is 51.4 Å². The van der Waals surface area contributed by atoms with Crippen LogP contribution >= 0.6 is 22.6 Å². The fourth-order valence-electron chi connectivity index (χ4n) is 5.94. The van der Waals surface area contributed by atoms with Gasteiger partial charge in [-0.1, -0.05) is 66.7 Å². The molecule has 0 spiro atoms. The summed E-state index contributed by atoms with van der Waals surface area (Å²) in [6.45, 7) is 0.344. The molecule has 4 aromatic rings. The summed E-state index contributed by atoms with van der Waals surface area (Å²) in [5, 5.41) is 0. The number of hydrogen-bond acceptors (Lipinski definition) is 6. The Balaban J connectivity index is 1.39. The van der Waals surface area contributed by atoms with Gasteiger partial charge in [0.25, 0.3) is 5.91 Å². The summed E-state index contributed by atoms with van der Waals surface area (Å²) in [5.74, 6) is -0.850. The first-order valence-corrected chi connectivity index (χ1v) is 18.6. The van der Waals surface area contributed by atoms with Gasteiger partial charge in [0.15, 0.2) is 3.55 Å². The summed E-state index contributed by atoms with van der Waals surface area (Å²) in [5.41, 5.74) is 2.88. The van der Waals surface area contributed by atoms with Gasteiger partial charge in [0.2, 0.25) is 5.91 Å². The lowest BCUT2D eigenvalue weighted by molar-refractivity contribution is -0.144. The smallest absolute Gasteiger partial charge is 0.416 e. The number of halogens is 6. The van der Waals surface area contributed by atoms with Crippen LogP contribution in [-0.2, 0) is 44.8 Å². The van der Waals surface area contributed by atoms with Crippen LogP contribution in [0, 0.1) is 0 Å². The molecule has 1 atom stereocenters. The molecule has 1 unspecified atom stereocenters. The molecule has 1 aliphatic rings. The molecule has 1 heterocycles. The van der Waals surface area contributed by atoms with Crippen LogP contribution in [0.15, 0.2) is 109 Å². The van der Waals surface area contributed by atoms with Crippen LogP contribution in [-0.4, -0.2) is 78.3 Å². The van der Waals surface area contributed by atoms with Crippen LogP contribution in [0.3, 0.4) is 0 Å². The second-order valence-electron chi connectivity index (χ2n) is 12.9. The van der Waals surface area contributed by atoms with E-state index in [0.29, 0.717) is 18.8 Å². The highest BCUT2D eigenvalue weighted by Gasteiger charge is 2.45. The van der Waals surface area contributed by atoms with Gasteiger partial charge >= 0.3 is 12.8 Å². The van der Waals surface area contributed by atoms with Gasteiger partial charge in [-0.05, 0) is 87.3 Å². The van der Waals surface area contributed by atoms with Crippen LogP contribution in [0.2, 0.25) is 0 Å². The Kier molecular flexibility index (Phi) is 14.6. The number of nitrogens with zero attached hydrogens (tertiary/aromatic N) is 3. The Labute approximate surface area is 330 Å². The third-order valence-corrected chi connectivity index (χ3v) is 10.4. The van der Waals surface area contributed by atoms with E-state index in [4.69, 9.17) is 9.47 Å². The highest BCUT2D eigenvalue weighted by molar-refractivity contribution is 14.1. The number of alkyl halides is 6. The molecule has 4 aromatic carbocycles. The molecule has 55 heavy (non-hydrogen) atoms. The molecule has 1 saturated heterocycles. The van der Waals surface area contributed by atoms with Crippen LogP contribution < -0.4 is 9.64 Å². The number of rotatable bonds is 16. The van der Waals surface area contributed by atoms with E-state index in [1.807, 2.05) is 77.2 Å². The molecule has 0 aliphatic carbocycles. The first-order chi connectivity index (χ1) is 26.3. The van der Waals surface area contributed by atoms with Crippen molar-refractivity contribution in [2.45, 2.75) is 35.9 Å². The normalized spacial score (nSPS) is 14.5. The maximum Gasteiger partial charge on any atom is 0.416 e. The Bertz CT molecular complexity index is 1860. The molecule has 0 saturated carbocycles. The first-order valence-electron chi connectivity index (χ1n) is 17.5. The van der Waals surface area contributed by atoms with Gasteiger partial charge in [-0.2, -0.15) is 22.0 Å². The monoisotopic (exact) mass is 877 g/mol. The molecule has 2 amide bonds. The van der Waals surface area contributed by atoms with Crippen LogP contribution in [0.1, 0.15) is 27.8 Å². The SMILES string of the molecule is CN(CCOCc1ccc(OC(F)F)cc1)C(=O)C(I)(Cc1ccccc1)N(Cc1ccc(N2CCOCC2)cc1)C(=O)C=Cc1ccc(C(F)(F)F)cc1. The summed E-state index contributed by atoms with van der Waals surface area (Å²) < 4.78 is 78.8. The number of hydrogen-bond donors (Lipinski definition) is 0. The van der Waals surface area contributed by atoms with Crippen molar-refractivity contribution in [3.8, 4) is 5.75 Å². The van der Waals surface area contributed by atoms with Crippen molar-refractivity contribution in [3.05, 3.63) is 137 Å². The maximum absolute atomic E-state index is 14.6. The first kappa shape index (κ1) is 41.6. The highest BCUT2D eigenvalue weighted by atomic mass is 127. The van der Waals surface area contributed by atoms with Gasteiger partial charge in [0.05, 0.1) is 32.0 Å². The summed E-state index contributed by atoms with van der Waals surface area (Å²) in [6, 6.07) is 27.6. The fourth-order valence-corrected chi connectivity index (χ4v) is 7.20. The van der Waals surface area contributed by atoms with E-state index in [9.17, 15) is 31.5 Å². The Morgan fingerprint density at radius 2 is 1.51 bits per heavy atom. The van der Waals surface area contributed by atoms with E-state index in [2.05, 4.69) is 9.64 Å². The second kappa shape index (κ2) is 19.4. The number of carbonyl (C=O) groups is 2. The minimum Gasteiger partial charge on any atom is -0.435 e. The van der Waals surface area contributed by atoms with Crippen molar-refractivity contribution in [1.29, 1.82) is 0 Å². The Morgan fingerprint density at radius 1 is 0.873 bits per heavy atom. The standard InChI is InChI=1S/C41H41F5IN3O5/c1-48(21-24-54-29-33-11-18-36(19-12-33)55-39(42)43)38(52)40(47,27-31-5-3-2-4-6-31)50(28-32-9-16-35(17-10-32)49-22-25-53-26-23-49)37(51)20-13-30-7-14-34(15-8-30)41(44,45)46/h2-20,39H,21-29H2,1H3. The van der Waals surface area contributed by atoms with E-state index >= 15 is 0 Å². The zero-order valence-corrected chi connectivity index (χ0v) is 32.2. The number of benzene rings is 4. The zero-order chi connectivity index (χ0) is 39.4. The third-order valence-electron chi connectivity index (χ3n) is 8.95. The van der Waals surface area contributed by atoms with E-state index in [-0.39, 0.29) is 44.4 Å². The van der Waals surface area contributed by atoms with Gasteiger partial charge < -0.3 is 28.9 Å². The van der Waals surface area contributed by atoms with Crippen LogP contribution in [0.5, 0.6) is 5.75 Å². The van der Waals surface area contributed by atoms with Gasteiger partial charge in [0, 0.05) is 51.4 Å². The molecule has 14 heteroatoms. The lowest BCUT2D eigenvalue weighted by atomic mass is 10.0. The number of likely N-dealkylation sites (N-methyl/N-ethyl adjacent to an activating group) is 1. The Hall–Kier alpha value is -4.54. The van der Waals surface area contributed by atoms with Crippen molar-refractivity contribution in [3.63, 3.8) is 0 Å². The number of morpholine rings is 1. The highest BCUT2D eigenvalue weighted by Crippen LogP contribution is 2.34. The van der Waals surface area contributed by atoms with Gasteiger partial charge in [-0.25, -0.2) is 0 Å². The number of ether oxygens (including phenoxy) is 3. The lowest BCUT2D eigenvalue weighted by Crippen LogP contribution is -2.58. The van der Waals surface area contributed by atoms with Crippen molar-refractivity contribution >= 4 is 46.2 Å². The van der Waals surface area contributed by atoms with Crippen LogP contribution in [0.4, 0.5) is 27.6 Å². The summed E-state index contributed by atoms with van der Waals surface area (Å²) >= 11 is 2.04. The fraction of sp³-hybridized carbons (Fsp3) is 0.317. The van der Waals surface area contributed by atoms with Crippen LogP contribution in [0.25, 0.3) is 6.08 Å². The number of amides is 2. The lowest BCUT2D eigenvalue weighted by Gasteiger charge is -2.40. The van der Waals surface area contributed by atoms with Gasteiger partial charge in [0.1, 0.15) is 5.75 Å². The third kappa shape index (κ3) is 12.0. The molecule has 0 radical (unpaired) electrons. The van der Waals surface area contributed by atoms with Crippen molar-refractivity contribution < 1.29 is 45.8 Å². The number of carbonyl (C=O) groups excluding carboxylic acids is 2. The molecule has 8 nitrogen and oxygen atoms in total. The molecular formula is C41H41F5IN3O5. The summed E-state index contributed by atoms with van der Waals surface area (Å²) in [6.07, 6.45) is -1.64. The van der Waals surface area contributed by atoms with E-state index < -0.39 is 27.8 Å². The summed E-state index contributed by atoms with van der Waals surface area (Å²) in [7, 11) is 1.62. The summed E-state index contributed by atoms with van der Waals surface area (Å²) in [4.78, 5) is 34.1. The van der Waals surface area contributed by atoms with E-state index in [1.165, 1.54) is 46.2 Å². The average molecular weight is 878 g/mol. The zero-order valence-electron chi connectivity index (χ0n) is 30.1. The molecule has 292 valence electrons. The van der Waals surface area contributed by atoms with E-state index in [1.54, 1.807) is 19.2 Å². The topological polar surface area (TPSA) is 71.6 Å². The number of anilines is 1. The minimum absolute atomic E-state index is 0.0298. The predicted octanol–water partition coefficient (Wildman–Crippen LogP) is 8.23. The maximum atomic E-state index is 14.6. The molecule has 0 N–H and O–H groups in total. The average Bonchev–Trinajstić information content (AvgIpc) is 3.18. The largest absolute Gasteiger partial charge is 0.435 e. The second-order valence-corrected chi connectivity index (χ2v) is 14.7. The molecule has 1 aliphatic heterocycles.